The molecule has 0 aliphatic heterocycles. The van der Waals surface area contributed by atoms with Crippen molar-refractivity contribution in [3.8, 4) is 33.6 Å². The number of nitrogens with zero attached hydrogens (tertiary/aromatic N) is 5. The Kier molecular flexibility index (Phi) is 7.44. The van der Waals surface area contributed by atoms with Crippen molar-refractivity contribution in [3.05, 3.63) is 200 Å². The van der Waals surface area contributed by atoms with Crippen molar-refractivity contribution in [1.82, 2.24) is 23.5 Å². The van der Waals surface area contributed by atoms with Gasteiger partial charge in [0.05, 0.1) is 50.2 Å². The third kappa shape index (κ3) is 5.44. The van der Waals surface area contributed by atoms with Gasteiger partial charge in [-0.05, 0) is 132 Å². The molecule has 8 heteroatoms. The summed E-state index contributed by atoms with van der Waals surface area (Å²) < 4.78 is 19.2. The number of aryl methyl sites for hydroxylation is 1. The van der Waals surface area contributed by atoms with Crippen LogP contribution < -0.4 is 5.32 Å². The van der Waals surface area contributed by atoms with Gasteiger partial charge in [-0.2, -0.15) is 0 Å². The van der Waals surface area contributed by atoms with Gasteiger partial charge < -0.3 is 14.2 Å². The number of anilines is 2. The minimum absolute atomic E-state index is 0.862. The summed E-state index contributed by atoms with van der Waals surface area (Å²) in [6, 6.07) is 68.1. The summed E-state index contributed by atoms with van der Waals surface area (Å²) in [7, 11) is 0. The maximum Gasteiger partial charge on any atom is 0.220 e. The van der Waals surface area contributed by atoms with Crippen LogP contribution in [0.25, 0.3) is 116 Å². The molecule has 306 valence electrons. The highest BCUT2D eigenvalue weighted by molar-refractivity contribution is 6.07. The van der Waals surface area contributed by atoms with E-state index >= 15 is 0 Å². The molecule has 9 aromatic carbocycles. The third-order valence-electron chi connectivity index (χ3n) is 13.0. The van der Waals surface area contributed by atoms with Gasteiger partial charge in [-0.1, -0.05) is 91.0 Å². The number of benzene rings is 9. The van der Waals surface area contributed by atoms with E-state index in [9.17, 15) is 0 Å². The summed E-state index contributed by atoms with van der Waals surface area (Å²) in [5, 5.41) is 8.13. The van der Waals surface area contributed by atoms with Crippen molar-refractivity contribution < 1.29 is 8.83 Å². The molecule has 0 aliphatic rings. The first-order chi connectivity index (χ1) is 32.1. The minimum atomic E-state index is 0.862. The van der Waals surface area contributed by atoms with E-state index in [0.29, 0.717) is 0 Å². The third-order valence-corrected chi connectivity index (χ3v) is 13.0. The smallest absolute Gasteiger partial charge is 0.220 e. The second-order valence-electron chi connectivity index (χ2n) is 16.8. The zero-order valence-corrected chi connectivity index (χ0v) is 35.0. The zero-order valence-electron chi connectivity index (χ0n) is 35.0. The van der Waals surface area contributed by atoms with Gasteiger partial charge in [0.1, 0.15) is 28.2 Å². The lowest BCUT2D eigenvalue weighted by Gasteiger charge is -2.17. The summed E-state index contributed by atoms with van der Waals surface area (Å²) in [4.78, 5) is 10.2. The van der Waals surface area contributed by atoms with Gasteiger partial charge in [0.25, 0.3) is 0 Å². The standard InChI is InChI=1S/C57H36N6O2/c1-34-58-45-15-4-6-17-48(45)61(34)51-30-37(21-25-47(51)59-39-23-27-55-43(32-39)41-13-2-8-19-53(41)64-55)35-11-10-12-36(29-35)38-22-26-50-52(31-38)63-49-18-7-5-16-46(49)60-57(63)62(50)40-24-28-56-44(33-40)42-14-3-9-20-54(42)65-56/h2-33,59H,1H3. The normalized spacial score (nSPS) is 12.1. The maximum atomic E-state index is 6.21. The Morgan fingerprint density at radius 1 is 0.415 bits per heavy atom. The second kappa shape index (κ2) is 13.6. The molecule has 0 atom stereocenters. The topological polar surface area (TPSA) is 78.4 Å². The molecule has 0 bridgehead atoms. The molecule has 1 N–H and O–H groups in total. The van der Waals surface area contributed by atoms with E-state index in [0.717, 1.165) is 134 Å². The SMILES string of the molecule is Cc1nc2ccccc2n1-c1cc(-c2cccc(-c3ccc4c(c3)n3c5ccccc5nc3n4-c3ccc4oc5ccccc5c4c3)c2)ccc1Nc1ccc2oc3ccccc3c2c1. The number of aromatic nitrogens is 5. The molecule has 14 rings (SSSR count). The maximum absolute atomic E-state index is 6.21. The number of hydrogen-bond acceptors (Lipinski definition) is 5. The Morgan fingerprint density at radius 2 is 1.03 bits per heavy atom. The molecule has 0 spiro atoms. The number of hydrogen-bond donors (Lipinski definition) is 1. The first kappa shape index (κ1) is 35.7. The molecule has 0 amide bonds. The Balaban J connectivity index is 0.900. The van der Waals surface area contributed by atoms with Crippen LogP contribution in [0.2, 0.25) is 0 Å². The van der Waals surface area contributed by atoms with Crippen LogP contribution in [0.5, 0.6) is 0 Å². The van der Waals surface area contributed by atoms with Gasteiger partial charge in [-0.15, -0.1) is 0 Å². The van der Waals surface area contributed by atoms with Crippen LogP contribution in [0.3, 0.4) is 0 Å². The molecule has 0 saturated carbocycles. The summed E-state index contributed by atoms with van der Waals surface area (Å²) >= 11 is 0. The summed E-state index contributed by atoms with van der Waals surface area (Å²) in [5.41, 5.74) is 18.1. The highest BCUT2D eigenvalue weighted by Crippen LogP contribution is 2.39. The molecule has 0 unspecified atom stereocenters. The molecular formula is C57H36N6O2. The molecule has 14 aromatic rings. The van der Waals surface area contributed by atoms with Crippen molar-refractivity contribution in [2.24, 2.45) is 0 Å². The molecule has 5 aromatic heterocycles. The summed E-state index contributed by atoms with van der Waals surface area (Å²) in [6.07, 6.45) is 0. The Morgan fingerprint density at radius 3 is 1.82 bits per heavy atom. The van der Waals surface area contributed by atoms with E-state index in [1.165, 1.54) is 0 Å². The molecule has 65 heavy (non-hydrogen) atoms. The van der Waals surface area contributed by atoms with E-state index in [2.05, 4.69) is 177 Å². The average Bonchev–Trinajstić information content (AvgIpc) is 4.16. The number of rotatable bonds is 6. The van der Waals surface area contributed by atoms with Crippen molar-refractivity contribution >= 4 is 94.1 Å². The highest BCUT2D eigenvalue weighted by atomic mass is 16.3. The quantitative estimate of drug-likeness (QED) is 0.180. The van der Waals surface area contributed by atoms with E-state index in [4.69, 9.17) is 18.8 Å². The number of imidazole rings is 3. The van der Waals surface area contributed by atoms with Crippen LogP contribution in [0.1, 0.15) is 5.82 Å². The van der Waals surface area contributed by atoms with Gasteiger partial charge in [-0.3, -0.25) is 13.5 Å². The molecule has 5 heterocycles. The number of para-hydroxylation sites is 6. The fraction of sp³-hybridized carbons (Fsp3) is 0.0175. The van der Waals surface area contributed by atoms with E-state index in [-0.39, 0.29) is 0 Å². The van der Waals surface area contributed by atoms with Crippen LogP contribution in [-0.4, -0.2) is 23.5 Å². The van der Waals surface area contributed by atoms with Gasteiger partial charge in [-0.25, -0.2) is 9.97 Å². The van der Waals surface area contributed by atoms with Crippen LogP contribution >= 0.6 is 0 Å². The molecule has 0 fully saturated rings. The molecule has 0 radical (unpaired) electrons. The fourth-order valence-corrected chi connectivity index (χ4v) is 9.98. The van der Waals surface area contributed by atoms with Gasteiger partial charge in [0.2, 0.25) is 5.78 Å². The van der Waals surface area contributed by atoms with Gasteiger partial charge >= 0.3 is 0 Å². The Hall–Kier alpha value is -8.88. The van der Waals surface area contributed by atoms with Crippen LogP contribution in [0.15, 0.2) is 203 Å². The fourth-order valence-electron chi connectivity index (χ4n) is 9.98. The van der Waals surface area contributed by atoms with Crippen LogP contribution in [0, 0.1) is 6.92 Å². The van der Waals surface area contributed by atoms with Crippen LogP contribution in [0.4, 0.5) is 11.4 Å². The molecule has 0 saturated heterocycles. The number of furan rings is 2. The second-order valence-corrected chi connectivity index (χ2v) is 16.8. The van der Waals surface area contributed by atoms with Gasteiger partial charge in [0.15, 0.2) is 0 Å². The number of nitrogens with one attached hydrogen (secondary N) is 1. The molecule has 8 nitrogen and oxygen atoms in total. The monoisotopic (exact) mass is 836 g/mol. The average molecular weight is 837 g/mol. The first-order valence-electron chi connectivity index (χ1n) is 21.8. The van der Waals surface area contributed by atoms with Gasteiger partial charge in [0, 0.05) is 27.2 Å². The Bertz CT molecular complexity index is 4250. The molecule has 0 aliphatic carbocycles. The predicted molar refractivity (Wildman–Crippen MR) is 264 cm³/mol. The van der Waals surface area contributed by atoms with Crippen molar-refractivity contribution in [2.45, 2.75) is 6.92 Å². The largest absolute Gasteiger partial charge is 0.456 e. The summed E-state index contributed by atoms with van der Waals surface area (Å²) in [6.45, 7) is 2.07. The van der Waals surface area contributed by atoms with Crippen molar-refractivity contribution in [2.75, 3.05) is 5.32 Å². The Labute approximate surface area is 370 Å². The molecular weight excluding hydrogens is 801 g/mol. The van der Waals surface area contributed by atoms with E-state index < -0.39 is 0 Å². The lowest BCUT2D eigenvalue weighted by molar-refractivity contribution is 0.668. The predicted octanol–water partition coefficient (Wildman–Crippen LogP) is 15.0. The highest BCUT2D eigenvalue weighted by Gasteiger charge is 2.20. The van der Waals surface area contributed by atoms with Crippen LogP contribution in [-0.2, 0) is 0 Å². The minimum Gasteiger partial charge on any atom is -0.456 e. The lowest BCUT2D eigenvalue weighted by Crippen LogP contribution is -2.03. The number of fused-ring (bicyclic) bond motifs is 12. The van der Waals surface area contributed by atoms with E-state index in [1.807, 2.05) is 42.5 Å². The zero-order chi connectivity index (χ0) is 42.8. The van der Waals surface area contributed by atoms with Crippen molar-refractivity contribution in [1.29, 1.82) is 0 Å². The van der Waals surface area contributed by atoms with Crippen molar-refractivity contribution in [3.63, 3.8) is 0 Å². The first-order valence-corrected chi connectivity index (χ1v) is 21.8. The van der Waals surface area contributed by atoms with E-state index in [1.54, 1.807) is 0 Å². The lowest BCUT2D eigenvalue weighted by atomic mass is 9.98. The summed E-state index contributed by atoms with van der Waals surface area (Å²) in [5.74, 6) is 1.77.